The van der Waals surface area contributed by atoms with Gasteiger partial charge in [0.2, 0.25) is 18.1 Å². The number of nitrogens with one attached hydrogen (secondary N) is 3. The van der Waals surface area contributed by atoms with Gasteiger partial charge in [0.25, 0.3) is 5.91 Å². The molecule has 5 N–H and O–H groups in total. The van der Waals surface area contributed by atoms with Crippen LogP contribution in [0.4, 0.5) is 0 Å². The first-order valence-electron chi connectivity index (χ1n) is 16.8. The summed E-state index contributed by atoms with van der Waals surface area (Å²) in [5, 5.41) is 8.03. The Bertz CT molecular complexity index is 753. The minimum atomic E-state index is -0.597. The van der Waals surface area contributed by atoms with Gasteiger partial charge >= 0.3 is 0 Å². The summed E-state index contributed by atoms with van der Waals surface area (Å²) in [6.07, 6.45) is 14.2. The summed E-state index contributed by atoms with van der Waals surface area (Å²) in [7, 11) is 3.49. The number of ether oxygens (including phenoxy) is 1. The third kappa shape index (κ3) is 41.1. The van der Waals surface area contributed by atoms with Gasteiger partial charge in [-0.25, -0.2) is 0 Å². The Labute approximate surface area is 285 Å². The highest BCUT2D eigenvalue weighted by molar-refractivity contribution is 6.23. The number of rotatable bonds is 9. The van der Waals surface area contributed by atoms with Gasteiger partial charge in [0, 0.05) is 32.7 Å². The van der Waals surface area contributed by atoms with Gasteiger partial charge < -0.3 is 26.0 Å². The molecule has 0 aromatic rings. The molecule has 0 saturated carbocycles. The van der Waals surface area contributed by atoms with Gasteiger partial charge in [-0.1, -0.05) is 82.6 Å². The smallest absolute Gasteiger partial charge is 0.284 e. The lowest BCUT2D eigenvalue weighted by Gasteiger charge is -2.33. The fraction of sp³-hybridized carbons (Fsp3) is 0.778. The number of likely N-dealkylation sites (N-methyl/N-ethyl adjacent to an activating group) is 1. The van der Waals surface area contributed by atoms with E-state index in [0.717, 1.165) is 12.8 Å². The maximum absolute atomic E-state index is 12.6. The van der Waals surface area contributed by atoms with Crippen molar-refractivity contribution >= 4 is 24.0 Å². The number of likely N-dealkylation sites (tertiary alicyclic amines) is 1. The highest BCUT2D eigenvalue weighted by Crippen LogP contribution is 2.24. The highest BCUT2D eigenvalue weighted by atomic mass is 16.5. The predicted molar refractivity (Wildman–Crippen MR) is 198 cm³/mol. The Hall–Kier alpha value is -2.92. The molecule has 0 aromatic carbocycles. The maximum atomic E-state index is 12.6. The molecule has 3 amide bonds. The summed E-state index contributed by atoms with van der Waals surface area (Å²) in [6, 6.07) is -0.994. The molecule has 0 aromatic heterocycles. The number of hydrogen-bond acceptors (Lipinski definition) is 7. The summed E-state index contributed by atoms with van der Waals surface area (Å²) >= 11 is 0. The normalized spacial score (nSPS) is 13.1. The van der Waals surface area contributed by atoms with Gasteiger partial charge in [-0.2, -0.15) is 0 Å². The number of carbonyl (C=O) groups excluding carboxylic acids is 4. The highest BCUT2D eigenvalue weighted by Gasteiger charge is 2.39. The van der Waals surface area contributed by atoms with Gasteiger partial charge in [-0.15, -0.1) is 24.7 Å². The van der Waals surface area contributed by atoms with Gasteiger partial charge in [0.05, 0.1) is 12.8 Å². The number of amides is 3. The minimum absolute atomic E-state index is 0.0115. The van der Waals surface area contributed by atoms with Crippen LogP contribution < -0.4 is 21.7 Å². The molecule has 1 rings (SSSR count). The number of methoxy groups -OCH3 is 1. The summed E-state index contributed by atoms with van der Waals surface area (Å²) in [5.41, 5.74) is 5.74. The summed E-state index contributed by atoms with van der Waals surface area (Å²) in [4.78, 5) is 46.0. The molecular weight excluding hydrogens is 582 g/mol. The average molecular weight is 658 g/mol. The van der Waals surface area contributed by atoms with Crippen LogP contribution in [0.15, 0.2) is 0 Å². The van der Waals surface area contributed by atoms with Crippen molar-refractivity contribution in [3.63, 3.8) is 0 Å². The van der Waals surface area contributed by atoms with Crippen LogP contribution in [0.25, 0.3) is 0 Å². The molecule has 0 aliphatic carbocycles. The van der Waals surface area contributed by atoms with Crippen LogP contribution in [0.2, 0.25) is 0 Å². The van der Waals surface area contributed by atoms with E-state index >= 15 is 0 Å². The molecule has 1 saturated heterocycles. The zero-order chi connectivity index (χ0) is 38.1. The van der Waals surface area contributed by atoms with E-state index in [2.05, 4.69) is 52.8 Å². The summed E-state index contributed by atoms with van der Waals surface area (Å²) < 4.78 is 4.58. The van der Waals surface area contributed by atoms with Crippen LogP contribution in [0.3, 0.4) is 0 Å². The maximum Gasteiger partial charge on any atom is 0.284 e. The average Bonchev–Trinajstić information content (AvgIpc) is 3.54. The molecule has 0 spiro atoms. The summed E-state index contributed by atoms with van der Waals surface area (Å²) in [6.45, 7) is 29.1. The van der Waals surface area contributed by atoms with Crippen molar-refractivity contribution in [3.8, 4) is 24.7 Å². The van der Waals surface area contributed by atoms with Crippen molar-refractivity contribution in [2.24, 2.45) is 11.1 Å². The molecule has 46 heavy (non-hydrogen) atoms. The number of hydrogen-bond donors (Lipinski definition) is 4. The second-order valence-corrected chi connectivity index (χ2v) is 9.98. The van der Waals surface area contributed by atoms with Gasteiger partial charge in [0.1, 0.15) is 6.04 Å². The van der Waals surface area contributed by atoms with Crippen LogP contribution in [-0.4, -0.2) is 81.0 Å². The number of nitrogens with two attached hydrogens (primary N) is 1. The fourth-order valence-electron chi connectivity index (χ4n) is 2.92. The van der Waals surface area contributed by atoms with E-state index in [1.54, 1.807) is 25.9 Å². The van der Waals surface area contributed by atoms with Crippen molar-refractivity contribution in [3.05, 3.63) is 0 Å². The van der Waals surface area contributed by atoms with Crippen molar-refractivity contribution < 1.29 is 23.9 Å². The SMILES string of the molecule is C#CC.C#CCCC(C)NC(=O)C1CCCN1C(=O)C(N)C(C)(C)C.CC.CC.CC.CCC.CCNC(=O)C=O.CNCOC. The predicted octanol–water partition coefficient (Wildman–Crippen LogP) is 5.53. The second kappa shape index (κ2) is 46.5. The number of nitrogens with zero attached hydrogens (tertiary/aromatic N) is 1. The second-order valence-electron chi connectivity index (χ2n) is 9.98. The molecule has 3 atom stereocenters. The molecule has 0 bridgehead atoms. The van der Waals surface area contributed by atoms with E-state index in [9.17, 15) is 19.2 Å². The molecule has 1 aliphatic heterocycles. The van der Waals surface area contributed by atoms with Gasteiger partial charge in [-0.3, -0.25) is 24.5 Å². The Balaban J connectivity index is -0.000000104. The Morgan fingerprint density at radius 2 is 1.52 bits per heavy atom. The number of terminal acetylenes is 2. The lowest BCUT2D eigenvalue weighted by molar-refractivity contribution is -0.141. The van der Waals surface area contributed by atoms with Crippen molar-refractivity contribution in [1.29, 1.82) is 0 Å². The monoisotopic (exact) mass is 658 g/mol. The Morgan fingerprint density at radius 1 is 1.07 bits per heavy atom. The van der Waals surface area contributed by atoms with E-state index in [4.69, 9.17) is 12.2 Å². The van der Waals surface area contributed by atoms with Crippen molar-refractivity contribution in [1.82, 2.24) is 20.9 Å². The first kappa shape index (κ1) is 58.6. The minimum Gasteiger partial charge on any atom is -0.370 e. The molecule has 274 valence electrons. The van der Waals surface area contributed by atoms with E-state index in [0.29, 0.717) is 32.7 Å². The quantitative estimate of drug-likeness (QED) is 0.110. The van der Waals surface area contributed by atoms with Gasteiger partial charge in [0.15, 0.2) is 0 Å². The fourth-order valence-corrected chi connectivity index (χ4v) is 2.92. The zero-order valence-corrected chi connectivity index (χ0v) is 32.7. The van der Waals surface area contributed by atoms with Crippen LogP contribution >= 0.6 is 0 Å². The molecule has 0 radical (unpaired) electrons. The van der Waals surface area contributed by atoms with Crippen molar-refractivity contribution in [2.45, 2.75) is 147 Å². The molecule has 10 nitrogen and oxygen atoms in total. The lowest BCUT2D eigenvalue weighted by Crippen LogP contribution is -2.55. The standard InChI is InChI=1S/C17H29N3O2.C4H7NO2.C3H9NO.C3H8.C3H4.3C2H6/c1-6-7-9-12(2)19-15(21)13-10-8-11-20(13)16(22)14(18)17(3,4)5;1-2-5-4(7)3-6;1-4-3-5-2;2*1-3-2;3*1-2/h1,12-14H,7-11,18H2,2-5H3,(H,19,21);3H,2H2,1H3,(H,5,7);4H,3H2,1-2H3;3H2,1-2H3;1H,2H3;3*1-2H3. The third-order valence-corrected chi connectivity index (χ3v) is 4.89. The van der Waals surface area contributed by atoms with Crippen molar-refractivity contribution in [2.75, 3.05) is 34.0 Å². The lowest BCUT2D eigenvalue weighted by atomic mass is 9.86. The molecule has 1 aliphatic rings. The first-order valence-corrected chi connectivity index (χ1v) is 16.8. The van der Waals surface area contributed by atoms with Crippen LogP contribution in [-0.2, 0) is 23.9 Å². The third-order valence-electron chi connectivity index (χ3n) is 4.89. The number of carbonyl (C=O) groups is 4. The van der Waals surface area contributed by atoms with Crippen LogP contribution in [0, 0.1) is 30.1 Å². The Kier molecular flexibility index (Phi) is 59.2. The molecule has 1 heterocycles. The van der Waals surface area contributed by atoms with E-state index < -0.39 is 18.0 Å². The van der Waals surface area contributed by atoms with Crippen LogP contribution in [0.1, 0.15) is 129 Å². The van der Waals surface area contributed by atoms with E-state index in [-0.39, 0.29) is 29.6 Å². The molecule has 10 heteroatoms. The molecule has 3 unspecified atom stereocenters. The molecule has 1 fully saturated rings. The Morgan fingerprint density at radius 3 is 1.80 bits per heavy atom. The van der Waals surface area contributed by atoms with E-state index in [1.165, 1.54) is 6.42 Å². The zero-order valence-electron chi connectivity index (χ0n) is 32.7. The molecular formula is C36H75N5O5. The van der Waals surface area contributed by atoms with Gasteiger partial charge in [-0.05, 0) is 52.5 Å². The first-order chi connectivity index (χ1) is 21.7. The largest absolute Gasteiger partial charge is 0.370 e. The topological polar surface area (TPSA) is 143 Å². The van der Waals surface area contributed by atoms with E-state index in [1.807, 2.05) is 76.3 Å². The van der Waals surface area contributed by atoms with Crippen LogP contribution in [0.5, 0.6) is 0 Å². The summed E-state index contributed by atoms with van der Waals surface area (Å²) in [5.74, 6) is 4.03. The number of aldehydes is 1.